The maximum Gasteiger partial charge on any atom is 0.320 e. The lowest BCUT2D eigenvalue weighted by Gasteiger charge is -2.30. The highest BCUT2D eigenvalue weighted by atomic mass is 35.5. The molecule has 8 nitrogen and oxygen atoms in total. The summed E-state index contributed by atoms with van der Waals surface area (Å²) in [6.45, 7) is 8.74. The van der Waals surface area contributed by atoms with Gasteiger partial charge in [0.25, 0.3) is 11.2 Å². The quantitative estimate of drug-likeness (QED) is 0.427. The van der Waals surface area contributed by atoms with E-state index < -0.39 is 27.4 Å². The van der Waals surface area contributed by atoms with Crippen LogP contribution < -0.4 is 5.56 Å². The van der Waals surface area contributed by atoms with Crippen LogP contribution in [-0.2, 0) is 20.5 Å². The predicted molar refractivity (Wildman–Crippen MR) is 105 cm³/mol. The zero-order chi connectivity index (χ0) is 21.3. The van der Waals surface area contributed by atoms with Crippen molar-refractivity contribution in [2.75, 3.05) is 6.61 Å². The van der Waals surface area contributed by atoms with E-state index in [4.69, 9.17) is 16.3 Å². The zero-order valence-corrected chi connectivity index (χ0v) is 17.1. The second-order valence-corrected chi connectivity index (χ2v) is 7.79. The van der Waals surface area contributed by atoms with Gasteiger partial charge in [-0.3, -0.25) is 19.7 Å². The van der Waals surface area contributed by atoms with Gasteiger partial charge in [-0.1, -0.05) is 23.7 Å². The highest BCUT2D eigenvalue weighted by Crippen LogP contribution is 2.37. The number of rotatable bonds is 5. The largest absolute Gasteiger partial charge is 0.465 e. The van der Waals surface area contributed by atoms with E-state index in [0.29, 0.717) is 5.56 Å². The number of carbonyl (C=O) groups excluding carboxylic acids is 1. The third kappa shape index (κ3) is 3.77. The highest BCUT2D eigenvalue weighted by Gasteiger charge is 2.42. The molecule has 2 aromatic rings. The fraction of sp³-hybridized carbons (Fsp3) is 0.421. The minimum Gasteiger partial charge on any atom is -0.465 e. The SMILES string of the molecule is CCOC(=O)C(C)(c1ccc([N+](=O)[O-])cc1)c1cnn(C(C)(C)C)c(=O)c1Cl. The Morgan fingerprint density at radius 1 is 1.25 bits per heavy atom. The molecular weight excluding hydrogens is 386 g/mol. The number of esters is 1. The van der Waals surface area contributed by atoms with Crippen molar-refractivity contribution in [2.45, 2.75) is 45.6 Å². The van der Waals surface area contributed by atoms with E-state index in [2.05, 4.69) is 5.10 Å². The number of hydrogen-bond donors (Lipinski definition) is 0. The van der Waals surface area contributed by atoms with E-state index in [9.17, 15) is 19.7 Å². The Balaban J connectivity index is 2.74. The first-order chi connectivity index (χ1) is 12.9. The molecule has 0 aliphatic carbocycles. The van der Waals surface area contributed by atoms with Crippen LogP contribution in [0.2, 0.25) is 5.02 Å². The monoisotopic (exact) mass is 407 g/mol. The molecule has 0 saturated carbocycles. The molecule has 1 aromatic carbocycles. The number of carbonyl (C=O) groups is 1. The van der Waals surface area contributed by atoms with Crippen LogP contribution in [0.5, 0.6) is 0 Å². The molecule has 0 fully saturated rings. The van der Waals surface area contributed by atoms with Crippen molar-refractivity contribution in [3.63, 3.8) is 0 Å². The minimum absolute atomic E-state index is 0.117. The Kier molecular flexibility index (Phi) is 5.94. The number of nitro benzene ring substituents is 1. The molecule has 0 amide bonds. The number of nitro groups is 1. The average Bonchev–Trinajstić information content (AvgIpc) is 2.62. The van der Waals surface area contributed by atoms with Crippen LogP contribution in [0.15, 0.2) is 35.3 Å². The Hall–Kier alpha value is -2.74. The second-order valence-electron chi connectivity index (χ2n) is 7.41. The highest BCUT2D eigenvalue weighted by molar-refractivity contribution is 6.31. The molecule has 0 bridgehead atoms. The number of halogens is 1. The number of ether oxygens (including phenoxy) is 1. The van der Waals surface area contributed by atoms with Gasteiger partial charge in [0.2, 0.25) is 0 Å². The van der Waals surface area contributed by atoms with Gasteiger partial charge in [-0.15, -0.1) is 0 Å². The van der Waals surface area contributed by atoms with Crippen LogP contribution in [0.25, 0.3) is 0 Å². The Morgan fingerprint density at radius 3 is 2.29 bits per heavy atom. The fourth-order valence-corrected chi connectivity index (χ4v) is 3.15. The van der Waals surface area contributed by atoms with Crippen molar-refractivity contribution in [2.24, 2.45) is 0 Å². The van der Waals surface area contributed by atoms with Gasteiger partial charge in [0.05, 0.1) is 23.3 Å². The van der Waals surface area contributed by atoms with Crippen molar-refractivity contribution < 1.29 is 14.5 Å². The molecule has 0 aliphatic rings. The molecule has 0 spiro atoms. The number of benzene rings is 1. The van der Waals surface area contributed by atoms with Crippen LogP contribution in [0.3, 0.4) is 0 Å². The van der Waals surface area contributed by atoms with Crippen LogP contribution in [0.1, 0.15) is 45.7 Å². The van der Waals surface area contributed by atoms with Gasteiger partial charge in [-0.05, 0) is 40.2 Å². The zero-order valence-electron chi connectivity index (χ0n) is 16.4. The lowest BCUT2D eigenvalue weighted by molar-refractivity contribution is -0.384. The van der Waals surface area contributed by atoms with Gasteiger partial charge in [0.1, 0.15) is 10.4 Å². The second kappa shape index (κ2) is 7.71. The number of non-ortho nitro benzene ring substituents is 1. The summed E-state index contributed by atoms with van der Waals surface area (Å²) in [5.41, 5.74) is -2.16. The first-order valence-corrected chi connectivity index (χ1v) is 9.03. The van der Waals surface area contributed by atoms with Gasteiger partial charge in [0.15, 0.2) is 0 Å². The van der Waals surface area contributed by atoms with E-state index in [1.165, 1.54) is 35.1 Å². The molecule has 1 unspecified atom stereocenters. The summed E-state index contributed by atoms with van der Waals surface area (Å²) in [5, 5.41) is 15.0. The average molecular weight is 408 g/mol. The molecule has 2 rings (SSSR count). The molecule has 9 heteroatoms. The van der Waals surface area contributed by atoms with Crippen LogP contribution in [0.4, 0.5) is 5.69 Å². The molecule has 1 aromatic heterocycles. The third-order valence-electron chi connectivity index (χ3n) is 4.43. The van der Waals surface area contributed by atoms with Crippen molar-refractivity contribution in [1.29, 1.82) is 0 Å². The predicted octanol–water partition coefficient (Wildman–Crippen LogP) is 3.43. The van der Waals surface area contributed by atoms with Crippen LogP contribution in [0, 0.1) is 10.1 Å². The standard InChI is InChI=1S/C19H22ClN3O5/c1-6-28-17(25)19(5,12-7-9-13(10-8-12)23(26)27)14-11-21-22(18(2,3)4)16(24)15(14)20/h7-11H,6H2,1-5H3. The number of hydrogen-bond acceptors (Lipinski definition) is 6. The van der Waals surface area contributed by atoms with Gasteiger partial charge in [-0.25, -0.2) is 4.68 Å². The molecule has 28 heavy (non-hydrogen) atoms. The smallest absolute Gasteiger partial charge is 0.320 e. The first kappa shape index (κ1) is 21.6. The Labute approximate surface area is 167 Å². The van der Waals surface area contributed by atoms with Gasteiger partial charge < -0.3 is 4.74 Å². The van der Waals surface area contributed by atoms with E-state index in [-0.39, 0.29) is 22.9 Å². The summed E-state index contributed by atoms with van der Waals surface area (Å²) in [7, 11) is 0. The van der Waals surface area contributed by atoms with Crippen molar-refractivity contribution >= 4 is 23.3 Å². The molecular formula is C19H22ClN3O5. The third-order valence-corrected chi connectivity index (χ3v) is 4.80. The molecule has 150 valence electrons. The van der Waals surface area contributed by atoms with Gasteiger partial charge in [-0.2, -0.15) is 5.10 Å². The van der Waals surface area contributed by atoms with E-state index >= 15 is 0 Å². The summed E-state index contributed by atoms with van der Waals surface area (Å²) >= 11 is 6.38. The van der Waals surface area contributed by atoms with Gasteiger partial charge in [0, 0.05) is 17.7 Å². The lowest BCUT2D eigenvalue weighted by atomic mass is 9.77. The lowest BCUT2D eigenvalue weighted by Crippen LogP contribution is -2.41. The van der Waals surface area contributed by atoms with Gasteiger partial charge >= 0.3 is 5.97 Å². The molecule has 0 saturated heterocycles. The van der Waals surface area contributed by atoms with E-state index in [1.54, 1.807) is 34.6 Å². The number of aromatic nitrogens is 2. The maximum absolute atomic E-state index is 12.9. The number of nitrogens with zero attached hydrogens (tertiary/aromatic N) is 3. The normalized spacial score (nSPS) is 13.6. The van der Waals surface area contributed by atoms with Crippen molar-refractivity contribution in [1.82, 2.24) is 9.78 Å². The van der Waals surface area contributed by atoms with Crippen molar-refractivity contribution in [3.8, 4) is 0 Å². The minimum atomic E-state index is -1.47. The molecule has 0 N–H and O–H groups in total. The summed E-state index contributed by atoms with van der Waals surface area (Å²) in [6.07, 6.45) is 1.37. The summed E-state index contributed by atoms with van der Waals surface area (Å²) < 4.78 is 6.45. The van der Waals surface area contributed by atoms with E-state index in [0.717, 1.165) is 0 Å². The molecule has 1 heterocycles. The van der Waals surface area contributed by atoms with Crippen molar-refractivity contribution in [3.05, 3.63) is 67.1 Å². The summed E-state index contributed by atoms with van der Waals surface area (Å²) in [4.78, 5) is 36.0. The van der Waals surface area contributed by atoms with Crippen LogP contribution in [-0.4, -0.2) is 27.3 Å². The molecule has 0 aliphatic heterocycles. The molecule has 1 atom stereocenters. The van der Waals surface area contributed by atoms with E-state index in [1.807, 2.05) is 0 Å². The first-order valence-electron chi connectivity index (χ1n) is 8.65. The maximum atomic E-state index is 12.9. The Morgan fingerprint density at radius 2 is 1.82 bits per heavy atom. The fourth-order valence-electron chi connectivity index (χ4n) is 2.83. The Bertz CT molecular complexity index is 963. The topological polar surface area (TPSA) is 104 Å². The summed E-state index contributed by atoms with van der Waals surface area (Å²) in [6, 6.07) is 5.45. The summed E-state index contributed by atoms with van der Waals surface area (Å²) in [5.74, 6) is -0.638. The van der Waals surface area contributed by atoms with Crippen LogP contribution >= 0.6 is 11.6 Å². The molecule has 0 radical (unpaired) electrons.